The molecule has 1 atom stereocenters. The first kappa shape index (κ1) is 16.0. The molecule has 1 heterocycles. The predicted molar refractivity (Wildman–Crippen MR) is 79.2 cm³/mol. The molecule has 21 heavy (non-hydrogen) atoms. The molecule has 0 aliphatic rings. The Morgan fingerprint density at radius 2 is 2.05 bits per heavy atom. The van der Waals surface area contributed by atoms with E-state index in [0.717, 1.165) is 23.6 Å². The smallest absolute Gasteiger partial charge is 0.131 e. The molecule has 6 heteroatoms. The molecule has 0 saturated carbocycles. The van der Waals surface area contributed by atoms with Crippen LogP contribution in [0.3, 0.4) is 0 Å². The molecule has 0 bridgehead atoms. The van der Waals surface area contributed by atoms with Crippen molar-refractivity contribution in [2.24, 2.45) is 0 Å². The van der Waals surface area contributed by atoms with Gasteiger partial charge in [0.15, 0.2) is 0 Å². The summed E-state index contributed by atoms with van der Waals surface area (Å²) in [6, 6.07) is 3.61. The zero-order valence-electron chi connectivity index (χ0n) is 11.8. The van der Waals surface area contributed by atoms with Gasteiger partial charge in [-0.1, -0.05) is 13.0 Å². The second-order valence-corrected chi connectivity index (χ2v) is 5.70. The molecule has 2 aromatic rings. The summed E-state index contributed by atoms with van der Waals surface area (Å²) in [5, 5.41) is 13.0. The van der Waals surface area contributed by atoms with Gasteiger partial charge in [-0.3, -0.25) is 0 Å². The Morgan fingerprint density at radius 1 is 1.33 bits per heavy atom. The molecule has 0 aliphatic carbocycles. The predicted octanol–water partition coefficient (Wildman–Crippen LogP) is 3.02. The molecular formula is C15H18F2N2OS. The molecule has 3 nitrogen and oxygen atoms in total. The Hall–Kier alpha value is -1.37. The molecule has 0 saturated heterocycles. The van der Waals surface area contributed by atoms with E-state index in [9.17, 15) is 13.9 Å². The van der Waals surface area contributed by atoms with Gasteiger partial charge < -0.3 is 10.0 Å². The number of rotatable bonds is 7. The first-order valence-electron chi connectivity index (χ1n) is 6.84. The molecule has 0 radical (unpaired) electrons. The summed E-state index contributed by atoms with van der Waals surface area (Å²) >= 11 is 1.58. The minimum absolute atomic E-state index is 0.194. The molecule has 1 unspecified atom stereocenters. The molecule has 1 aromatic carbocycles. The van der Waals surface area contributed by atoms with Crippen molar-refractivity contribution < 1.29 is 13.9 Å². The highest BCUT2D eigenvalue weighted by molar-refractivity contribution is 7.09. The molecular weight excluding hydrogens is 294 g/mol. The quantitative estimate of drug-likeness (QED) is 0.854. The van der Waals surface area contributed by atoms with Gasteiger partial charge in [-0.2, -0.15) is 0 Å². The summed E-state index contributed by atoms with van der Waals surface area (Å²) in [5.41, 5.74) is -0.259. The number of aliphatic hydroxyl groups is 1. The van der Waals surface area contributed by atoms with Crippen molar-refractivity contribution in [3.8, 4) is 0 Å². The Bertz CT molecular complexity index is 543. The van der Waals surface area contributed by atoms with Crippen molar-refractivity contribution >= 4 is 11.3 Å². The van der Waals surface area contributed by atoms with Gasteiger partial charge in [0, 0.05) is 31.1 Å². The van der Waals surface area contributed by atoms with E-state index in [0.29, 0.717) is 13.1 Å². The van der Waals surface area contributed by atoms with E-state index >= 15 is 0 Å². The van der Waals surface area contributed by atoms with E-state index < -0.39 is 17.7 Å². The minimum Gasteiger partial charge on any atom is -0.387 e. The number of likely N-dealkylation sites (N-methyl/N-ethyl adjacent to an activating group) is 1. The monoisotopic (exact) mass is 312 g/mol. The molecule has 114 valence electrons. The van der Waals surface area contributed by atoms with Crippen LogP contribution in [0.15, 0.2) is 29.8 Å². The molecule has 0 aliphatic heterocycles. The highest BCUT2D eigenvalue weighted by Gasteiger charge is 2.20. The molecule has 0 fully saturated rings. The first-order chi connectivity index (χ1) is 10.1. The van der Waals surface area contributed by atoms with E-state index in [4.69, 9.17) is 0 Å². The molecule has 1 aromatic heterocycles. The van der Waals surface area contributed by atoms with Gasteiger partial charge >= 0.3 is 0 Å². The van der Waals surface area contributed by atoms with Crippen molar-refractivity contribution in [3.05, 3.63) is 52.0 Å². The topological polar surface area (TPSA) is 36.4 Å². The molecule has 1 N–H and O–H groups in total. The highest BCUT2D eigenvalue weighted by atomic mass is 32.1. The Kier molecular flexibility index (Phi) is 5.78. The number of benzene rings is 1. The Balaban J connectivity index is 1.97. The van der Waals surface area contributed by atoms with Gasteiger partial charge in [-0.05, 0) is 18.7 Å². The molecule has 0 amide bonds. The maximum atomic E-state index is 13.6. The summed E-state index contributed by atoms with van der Waals surface area (Å²) in [4.78, 5) is 6.15. The summed E-state index contributed by atoms with van der Waals surface area (Å²) in [6.45, 7) is 3.53. The van der Waals surface area contributed by atoms with Crippen LogP contribution in [0.1, 0.15) is 23.6 Å². The van der Waals surface area contributed by atoms with Crippen molar-refractivity contribution in [1.82, 2.24) is 9.88 Å². The van der Waals surface area contributed by atoms with Crippen LogP contribution in [0.4, 0.5) is 8.78 Å². The standard InChI is InChI=1S/C15H18F2N2OS/c1-2-19(8-6-14-18-7-9-21-14)10-13(20)15-11(16)4-3-5-12(15)17/h3-5,7,9,13,20H,2,6,8,10H2,1H3. The van der Waals surface area contributed by atoms with Crippen molar-refractivity contribution in [3.63, 3.8) is 0 Å². The molecule has 0 spiro atoms. The Labute approximate surface area is 126 Å². The second kappa shape index (κ2) is 7.59. The lowest BCUT2D eigenvalue weighted by atomic mass is 10.1. The Morgan fingerprint density at radius 3 is 2.62 bits per heavy atom. The van der Waals surface area contributed by atoms with Crippen LogP contribution < -0.4 is 0 Å². The van der Waals surface area contributed by atoms with Crippen LogP contribution in [0, 0.1) is 11.6 Å². The fourth-order valence-corrected chi connectivity index (χ4v) is 2.78. The average Bonchev–Trinajstić information content (AvgIpc) is 2.96. The number of halogens is 2. The second-order valence-electron chi connectivity index (χ2n) is 4.72. The van der Waals surface area contributed by atoms with E-state index in [1.807, 2.05) is 17.2 Å². The van der Waals surface area contributed by atoms with Gasteiger partial charge in [0.05, 0.1) is 16.7 Å². The highest BCUT2D eigenvalue weighted by Crippen LogP contribution is 2.21. The van der Waals surface area contributed by atoms with Crippen LogP contribution in [0.5, 0.6) is 0 Å². The number of aromatic nitrogens is 1. The van der Waals surface area contributed by atoms with E-state index in [1.54, 1.807) is 17.5 Å². The lowest BCUT2D eigenvalue weighted by molar-refractivity contribution is 0.110. The fraction of sp³-hybridized carbons (Fsp3) is 0.400. The van der Waals surface area contributed by atoms with E-state index in [1.165, 1.54) is 6.07 Å². The lowest BCUT2D eigenvalue weighted by Gasteiger charge is -2.23. The van der Waals surface area contributed by atoms with E-state index in [2.05, 4.69) is 4.98 Å². The first-order valence-corrected chi connectivity index (χ1v) is 7.72. The third kappa shape index (κ3) is 4.30. The zero-order chi connectivity index (χ0) is 15.2. The number of hydrogen-bond acceptors (Lipinski definition) is 4. The minimum atomic E-state index is -1.18. The largest absolute Gasteiger partial charge is 0.387 e. The summed E-state index contributed by atoms with van der Waals surface area (Å²) in [7, 11) is 0. The lowest BCUT2D eigenvalue weighted by Crippen LogP contribution is -2.31. The van der Waals surface area contributed by atoms with Gasteiger partial charge in [0.2, 0.25) is 0 Å². The van der Waals surface area contributed by atoms with Crippen LogP contribution in [0.2, 0.25) is 0 Å². The number of nitrogens with zero attached hydrogens (tertiary/aromatic N) is 2. The summed E-state index contributed by atoms with van der Waals surface area (Å²) in [5.74, 6) is -1.42. The van der Waals surface area contributed by atoms with Crippen LogP contribution in [0.25, 0.3) is 0 Å². The third-order valence-electron chi connectivity index (χ3n) is 3.34. The van der Waals surface area contributed by atoms with Crippen molar-refractivity contribution in [1.29, 1.82) is 0 Å². The maximum Gasteiger partial charge on any atom is 0.131 e. The zero-order valence-corrected chi connectivity index (χ0v) is 12.6. The summed E-state index contributed by atoms with van der Waals surface area (Å²) < 4.78 is 27.3. The third-order valence-corrected chi connectivity index (χ3v) is 4.18. The normalized spacial score (nSPS) is 12.8. The number of hydrogen-bond donors (Lipinski definition) is 1. The van der Waals surface area contributed by atoms with Gasteiger partial charge in [0.1, 0.15) is 11.6 Å². The molecule has 2 rings (SSSR count). The average molecular weight is 312 g/mol. The number of thiazole rings is 1. The van der Waals surface area contributed by atoms with Crippen LogP contribution >= 0.6 is 11.3 Å². The van der Waals surface area contributed by atoms with Crippen molar-refractivity contribution in [2.75, 3.05) is 19.6 Å². The SMILES string of the molecule is CCN(CCc1nccs1)CC(O)c1c(F)cccc1F. The summed E-state index contributed by atoms with van der Waals surface area (Å²) in [6.07, 6.45) is 1.33. The number of aliphatic hydroxyl groups excluding tert-OH is 1. The maximum absolute atomic E-state index is 13.6. The van der Waals surface area contributed by atoms with Gasteiger partial charge in [0.25, 0.3) is 0 Å². The van der Waals surface area contributed by atoms with Gasteiger partial charge in [-0.15, -0.1) is 11.3 Å². The fourth-order valence-electron chi connectivity index (χ4n) is 2.17. The van der Waals surface area contributed by atoms with Crippen LogP contribution in [-0.2, 0) is 6.42 Å². The van der Waals surface area contributed by atoms with Crippen molar-refractivity contribution in [2.45, 2.75) is 19.4 Å². The van der Waals surface area contributed by atoms with E-state index in [-0.39, 0.29) is 12.1 Å². The van der Waals surface area contributed by atoms with Crippen LogP contribution in [-0.4, -0.2) is 34.6 Å². The van der Waals surface area contributed by atoms with Gasteiger partial charge in [-0.25, -0.2) is 13.8 Å².